The second-order valence-corrected chi connectivity index (χ2v) is 8.92. The maximum atomic E-state index is 14.1. The highest BCUT2D eigenvalue weighted by Crippen LogP contribution is 2.35. The Hall–Kier alpha value is -3.83. The molecule has 2 amide bonds. The summed E-state index contributed by atoms with van der Waals surface area (Å²) in [5.41, 5.74) is 0.973. The number of anilines is 2. The molecule has 0 spiro atoms. The van der Waals surface area contributed by atoms with E-state index < -0.39 is 16.6 Å². The summed E-state index contributed by atoms with van der Waals surface area (Å²) in [4.78, 5) is 40.0. The van der Waals surface area contributed by atoms with Gasteiger partial charge in [0.1, 0.15) is 5.82 Å². The van der Waals surface area contributed by atoms with Gasteiger partial charge in [0.25, 0.3) is 11.6 Å². The molecular weight excluding hydrogens is 467 g/mol. The summed E-state index contributed by atoms with van der Waals surface area (Å²) in [5, 5.41) is 16.9. The molecule has 0 bridgehead atoms. The molecule has 0 unspecified atom stereocenters. The standard InChI is InChI=1S/C22H15FN4O4S2/c1-12(28)24-13-6-8-17-20(10-13)33-22(25-17)26-21(29)15-11-14(27(30)31)7-9-18(15)32-19-5-3-2-4-16(19)23/h2-11H,1H3,(H,24,28)(H,25,26,29). The molecule has 0 saturated carbocycles. The fourth-order valence-electron chi connectivity index (χ4n) is 2.97. The van der Waals surface area contributed by atoms with Crippen molar-refractivity contribution < 1.29 is 18.9 Å². The predicted octanol–water partition coefficient (Wildman–Crippen LogP) is 5.71. The maximum Gasteiger partial charge on any atom is 0.270 e. The molecule has 11 heteroatoms. The SMILES string of the molecule is CC(=O)Nc1ccc2nc(NC(=O)c3cc([N+](=O)[O-])ccc3Sc3ccccc3F)sc2c1. The molecule has 0 aliphatic carbocycles. The number of carbonyl (C=O) groups is 2. The first-order valence-electron chi connectivity index (χ1n) is 9.50. The number of hydrogen-bond acceptors (Lipinski definition) is 7. The van der Waals surface area contributed by atoms with Gasteiger partial charge in [-0.05, 0) is 36.4 Å². The second-order valence-electron chi connectivity index (χ2n) is 6.81. The number of nitrogens with zero attached hydrogens (tertiary/aromatic N) is 2. The van der Waals surface area contributed by atoms with E-state index in [4.69, 9.17) is 0 Å². The minimum absolute atomic E-state index is 0.0237. The van der Waals surface area contributed by atoms with Gasteiger partial charge in [0.05, 0.1) is 20.7 Å². The number of carbonyl (C=O) groups excluding carboxylic acids is 2. The van der Waals surface area contributed by atoms with Crippen LogP contribution in [0.5, 0.6) is 0 Å². The van der Waals surface area contributed by atoms with Crippen LogP contribution in [0.4, 0.5) is 20.9 Å². The van der Waals surface area contributed by atoms with Crippen molar-refractivity contribution >= 4 is 61.6 Å². The van der Waals surface area contributed by atoms with Crippen LogP contribution in [0.2, 0.25) is 0 Å². The van der Waals surface area contributed by atoms with E-state index in [0.29, 0.717) is 16.1 Å². The molecule has 4 aromatic rings. The van der Waals surface area contributed by atoms with Crippen LogP contribution in [-0.2, 0) is 4.79 Å². The Morgan fingerprint density at radius 3 is 2.58 bits per heavy atom. The van der Waals surface area contributed by atoms with E-state index in [9.17, 15) is 24.1 Å². The Kier molecular flexibility index (Phi) is 6.33. The number of halogens is 1. The molecule has 1 heterocycles. The molecule has 33 heavy (non-hydrogen) atoms. The highest BCUT2D eigenvalue weighted by atomic mass is 32.2. The van der Waals surface area contributed by atoms with Gasteiger partial charge in [0.2, 0.25) is 5.91 Å². The highest BCUT2D eigenvalue weighted by Gasteiger charge is 2.20. The van der Waals surface area contributed by atoms with Crippen LogP contribution >= 0.6 is 23.1 Å². The monoisotopic (exact) mass is 482 g/mol. The van der Waals surface area contributed by atoms with Crippen LogP contribution in [0.1, 0.15) is 17.3 Å². The lowest BCUT2D eigenvalue weighted by Crippen LogP contribution is -2.13. The van der Waals surface area contributed by atoms with Crippen molar-refractivity contribution in [2.75, 3.05) is 10.6 Å². The van der Waals surface area contributed by atoms with E-state index in [2.05, 4.69) is 15.6 Å². The minimum atomic E-state index is -0.612. The third-order valence-corrected chi connectivity index (χ3v) is 6.46. The summed E-state index contributed by atoms with van der Waals surface area (Å²) in [5.74, 6) is -1.29. The topological polar surface area (TPSA) is 114 Å². The molecule has 3 aromatic carbocycles. The van der Waals surface area contributed by atoms with Crippen LogP contribution in [0.15, 0.2) is 70.5 Å². The molecule has 2 N–H and O–H groups in total. The number of nitro benzene ring substituents is 1. The van der Waals surface area contributed by atoms with Gasteiger partial charge in [-0.25, -0.2) is 9.37 Å². The Morgan fingerprint density at radius 2 is 1.85 bits per heavy atom. The Labute approximate surface area is 195 Å². The fraction of sp³-hybridized carbons (Fsp3) is 0.0455. The molecule has 0 aliphatic heterocycles. The lowest BCUT2D eigenvalue weighted by Gasteiger charge is -2.09. The Balaban J connectivity index is 1.65. The van der Waals surface area contributed by atoms with Gasteiger partial charge >= 0.3 is 0 Å². The number of nitrogens with one attached hydrogen (secondary N) is 2. The van der Waals surface area contributed by atoms with Crippen molar-refractivity contribution in [2.45, 2.75) is 16.7 Å². The lowest BCUT2D eigenvalue weighted by molar-refractivity contribution is -0.384. The molecule has 0 fully saturated rings. The van der Waals surface area contributed by atoms with Gasteiger partial charge in [-0.15, -0.1) is 0 Å². The van der Waals surface area contributed by atoms with Crippen molar-refractivity contribution in [3.63, 3.8) is 0 Å². The Morgan fingerprint density at radius 1 is 1.06 bits per heavy atom. The van der Waals surface area contributed by atoms with Gasteiger partial charge in [0, 0.05) is 34.5 Å². The van der Waals surface area contributed by atoms with Gasteiger partial charge in [-0.3, -0.25) is 25.0 Å². The van der Waals surface area contributed by atoms with Gasteiger partial charge in [-0.2, -0.15) is 0 Å². The summed E-state index contributed by atoms with van der Waals surface area (Å²) in [6.45, 7) is 1.40. The van der Waals surface area contributed by atoms with Crippen LogP contribution in [0.3, 0.4) is 0 Å². The number of aromatic nitrogens is 1. The van der Waals surface area contributed by atoms with E-state index in [1.807, 2.05) is 0 Å². The molecule has 0 radical (unpaired) electrons. The summed E-state index contributed by atoms with van der Waals surface area (Å²) in [6, 6.07) is 15.0. The summed E-state index contributed by atoms with van der Waals surface area (Å²) >= 11 is 2.19. The molecule has 166 valence electrons. The third kappa shape index (κ3) is 5.16. The molecule has 4 rings (SSSR count). The molecule has 0 aliphatic rings. The first-order chi connectivity index (χ1) is 15.8. The third-order valence-electron chi connectivity index (χ3n) is 4.40. The van der Waals surface area contributed by atoms with Crippen molar-refractivity contribution in [3.05, 3.63) is 82.2 Å². The van der Waals surface area contributed by atoms with E-state index in [1.165, 1.54) is 36.5 Å². The summed E-state index contributed by atoms with van der Waals surface area (Å²) in [6.07, 6.45) is 0. The zero-order chi connectivity index (χ0) is 23.5. The van der Waals surface area contributed by atoms with E-state index in [1.54, 1.807) is 36.4 Å². The second kappa shape index (κ2) is 9.35. The molecule has 1 aromatic heterocycles. The normalized spacial score (nSPS) is 10.7. The van der Waals surface area contributed by atoms with Crippen molar-refractivity contribution in [1.29, 1.82) is 0 Å². The number of nitro groups is 1. The predicted molar refractivity (Wildman–Crippen MR) is 125 cm³/mol. The Bertz CT molecular complexity index is 1410. The smallest absolute Gasteiger partial charge is 0.270 e. The molecular formula is C22H15FN4O4S2. The first-order valence-corrected chi connectivity index (χ1v) is 11.1. The fourth-order valence-corrected chi connectivity index (χ4v) is 4.81. The molecule has 8 nitrogen and oxygen atoms in total. The summed E-state index contributed by atoms with van der Waals surface area (Å²) in [7, 11) is 0. The minimum Gasteiger partial charge on any atom is -0.326 e. The zero-order valence-corrected chi connectivity index (χ0v) is 18.6. The summed E-state index contributed by atoms with van der Waals surface area (Å²) < 4.78 is 14.9. The van der Waals surface area contributed by atoms with Crippen LogP contribution in [-0.4, -0.2) is 21.7 Å². The van der Waals surface area contributed by atoms with Crippen molar-refractivity contribution in [3.8, 4) is 0 Å². The van der Waals surface area contributed by atoms with Crippen LogP contribution in [0, 0.1) is 15.9 Å². The number of fused-ring (bicyclic) bond motifs is 1. The van der Waals surface area contributed by atoms with E-state index in [-0.39, 0.29) is 27.2 Å². The van der Waals surface area contributed by atoms with E-state index in [0.717, 1.165) is 22.5 Å². The van der Waals surface area contributed by atoms with Gasteiger partial charge in [0.15, 0.2) is 5.13 Å². The average Bonchev–Trinajstić information content (AvgIpc) is 3.16. The first kappa shape index (κ1) is 22.4. The molecule has 0 saturated heterocycles. The number of benzene rings is 3. The van der Waals surface area contributed by atoms with Gasteiger partial charge in [-0.1, -0.05) is 35.2 Å². The van der Waals surface area contributed by atoms with E-state index >= 15 is 0 Å². The highest BCUT2D eigenvalue weighted by molar-refractivity contribution is 7.99. The number of thiazole rings is 1. The van der Waals surface area contributed by atoms with Crippen molar-refractivity contribution in [2.24, 2.45) is 0 Å². The zero-order valence-electron chi connectivity index (χ0n) is 17.0. The van der Waals surface area contributed by atoms with Crippen molar-refractivity contribution in [1.82, 2.24) is 4.98 Å². The number of rotatable bonds is 6. The number of amides is 2. The maximum absolute atomic E-state index is 14.1. The average molecular weight is 483 g/mol. The van der Waals surface area contributed by atoms with Gasteiger partial charge < -0.3 is 5.32 Å². The van der Waals surface area contributed by atoms with Crippen LogP contribution < -0.4 is 10.6 Å². The molecule has 0 atom stereocenters. The largest absolute Gasteiger partial charge is 0.326 e. The lowest BCUT2D eigenvalue weighted by atomic mass is 10.2. The quantitative estimate of drug-likeness (QED) is 0.269. The number of hydrogen-bond donors (Lipinski definition) is 2. The van der Waals surface area contributed by atoms with Crippen LogP contribution in [0.25, 0.3) is 10.2 Å². The number of non-ortho nitro benzene ring substituents is 1.